The Kier molecular flexibility index (Phi) is 3.27. The fourth-order valence-electron chi connectivity index (χ4n) is 2.35. The fraction of sp³-hybridized carbons (Fsp3) is 0.125. The van der Waals surface area contributed by atoms with Crippen molar-refractivity contribution in [1.82, 2.24) is 4.98 Å². The highest BCUT2D eigenvalue weighted by Gasteiger charge is 2.17. The van der Waals surface area contributed by atoms with Crippen LogP contribution in [0.15, 0.2) is 36.4 Å². The Morgan fingerprint density at radius 1 is 1.17 bits per heavy atom. The summed E-state index contributed by atoms with van der Waals surface area (Å²) < 4.78 is 11.6. The molecule has 2 N–H and O–H groups in total. The van der Waals surface area contributed by atoms with Crippen molar-refractivity contribution in [3.8, 4) is 11.5 Å². The number of hydrogen-bond acceptors (Lipinski definition) is 5. The number of aryl methyl sites for hydroxylation is 1. The van der Waals surface area contributed by atoms with Gasteiger partial charge >= 0.3 is 6.03 Å². The lowest BCUT2D eigenvalue weighted by Gasteiger charge is -2.05. The van der Waals surface area contributed by atoms with Crippen LogP contribution in [0, 0.1) is 6.92 Å². The van der Waals surface area contributed by atoms with E-state index in [9.17, 15) is 4.79 Å². The number of carbonyl (C=O) groups excluding carboxylic acids is 1. The van der Waals surface area contributed by atoms with Crippen molar-refractivity contribution < 1.29 is 14.3 Å². The van der Waals surface area contributed by atoms with Gasteiger partial charge in [-0.15, -0.1) is 0 Å². The molecule has 23 heavy (non-hydrogen) atoms. The average molecular weight is 327 g/mol. The first-order chi connectivity index (χ1) is 11.2. The summed E-state index contributed by atoms with van der Waals surface area (Å²) in [5.41, 5.74) is 2.59. The number of fused-ring (bicyclic) bond motifs is 2. The van der Waals surface area contributed by atoms with Gasteiger partial charge in [0, 0.05) is 17.8 Å². The van der Waals surface area contributed by atoms with Gasteiger partial charge in [0.05, 0.1) is 10.2 Å². The Morgan fingerprint density at radius 3 is 2.83 bits per heavy atom. The molecule has 0 spiro atoms. The molecule has 116 valence electrons. The third-order valence-corrected chi connectivity index (χ3v) is 4.31. The van der Waals surface area contributed by atoms with Crippen LogP contribution in [0.5, 0.6) is 11.5 Å². The SMILES string of the molecule is Cc1cccc(NC(=O)Nc2nc3cc4c(cc3s2)OCO4)c1. The highest BCUT2D eigenvalue weighted by atomic mass is 32.1. The summed E-state index contributed by atoms with van der Waals surface area (Å²) in [6.07, 6.45) is 0. The molecule has 6 nitrogen and oxygen atoms in total. The van der Waals surface area contributed by atoms with Gasteiger partial charge in [-0.1, -0.05) is 23.5 Å². The lowest BCUT2D eigenvalue weighted by atomic mass is 10.2. The van der Waals surface area contributed by atoms with Crippen molar-refractivity contribution in [3.63, 3.8) is 0 Å². The number of rotatable bonds is 2. The van der Waals surface area contributed by atoms with E-state index in [0.29, 0.717) is 16.6 Å². The fourth-order valence-corrected chi connectivity index (χ4v) is 3.22. The number of nitrogens with one attached hydrogen (secondary N) is 2. The van der Waals surface area contributed by atoms with Crippen LogP contribution in [0.3, 0.4) is 0 Å². The Balaban J connectivity index is 1.52. The van der Waals surface area contributed by atoms with E-state index in [0.717, 1.165) is 21.5 Å². The normalized spacial score (nSPS) is 12.4. The number of carbonyl (C=O) groups is 1. The molecule has 2 amide bonds. The van der Waals surface area contributed by atoms with E-state index in [1.807, 2.05) is 43.3 Å². The maximum absolute atomic E-state index is 12.1. The number of thiazole rings is 1. The third kappa shape index (κ3) is 2.78. The minimum absolute atomic E-state index is 0.233. The topological polar surface area (TPSA) is 72.5 Å². The Labute approximate surface area is 136 Å². The standard InChI is InChI=1S/C16H13N3O3S/c1-9-3-2-4-10(5-9)17-15(20)19-16-18-11-6-12-13(22-8-21-12)7-14(11)23-16/h2-7H,8H2,1H3,(H2,17,18,19,20). The molecule has 0 atom stereocenters. The first-order valence-corrected chi connectivity index (χ1v) is 7.84. The average Bonchev–Trinajstić information content (AvgIpc) is 3.09. The van der Waals surface area contributed by atoms with Gasteiger partial charge in [-0.25, -0.2) is 9.78 Å². The van der Waals surface area contributed by atoms with Gasteiger partial charge in [-0.3, -0.25) is 5.32 Å². The van der Waals surface area contributed by atoms with Crippen molar-refractivity contribution >= 4 is 38.4 Å². The van der Waals surface area contributed by atoms with Crippen molar-refractivity contribution in [2.75, 3.05) is 17.4 Å². The third-order valence-electron chi connectivity index (χ3n) is 3.38. The summed E-state index contributed by atoms with van der Waals surface area (Å²) >= 11 is 1.39. The predicted molar refractivity (Wildman–Crippen MR) is 89.6 cm³/mol. The molecule has 0 fully saturated rings. The van der Waals surface area contributed by atoms with Crippen molar-refractivity contribution in [2.45, 2.75) is 6.92 Å². The molecule has 1 aliphatic rings. The molecule has 2 aromatic carbocycles. The highest BCUT2D eigenvalue weighted by Crippen LogP contribution is 2.38. The van der Waals surface area contributed by atoms with Crippen LogP contribution in [-0.2, 0) is 0 Å². The summed E-state index contributed by atoms with van der Waals surface area (Å²) in [5, 5.41) is 6.06. The lowest BCUT2D eigenvalue weighted by Crippen LogP contribution is -2.19. The molecule has 0 saturated heterocycles. The Hall–Kier alpha value is -2.80. The largest absolute Gasteiger partial charge is 0.454 e. The molecule has 0 radical (unpaired) electrons. The number of nitrogens with zero attached hydrogens (tertiary/aromatic N) is 1. The van der Waals surface area contributed by atoms with Gasteiger partial charge in [-0.2, -0.15) is 0 Å². The van der Waals surface area contributed by atoms with Crippen LogP contribution >= 0.6 is 11.3 Å². The summed E-state index contributed by atoms with van der Waals surface area (Å²) in [4.78, 5) is 16.5. The van der Waals surface area contributed by atoms with E-state index in [2.05, 4.69) is 15.6 Å². The second-order valence-electron chi connectivity index (χ2n) is 5.14. The molecule has 0 aliphatic carbocycles. The monoisotopic (exact) mass is 327 g/mol. The summed E-state index contributed by atoms with van der Waals surface area (Å²) in [6, 6.07) is 11.0. The minimum atomic E-state index is -0.324. The Bertz CT molecular complexity index is 866. The second-order valence-corrected chi connectivity index (χ2v) is 6.17. The van der Waals surface area contributed by atoms with Gasteiger partial charge in [0.1, 0.15) is 0 Å². The first-order valence-electron chi connectivity index (χ1n) is 7.02. The number of ether oxygens (including phenoxy) is 2. The van der Waals surface area contributed by atoms with Crippen LogP contribution < -0.4 is 20.1 Å². The van der Waals surface area contributed by atoms with Gasteiger partial charge < -0.3 is 14.8 Å². The first kappa shape index (κ1) is 13.8. The van der Waals surface area contributed by atoms with E-state index in [1.165, 1.54) is 11.3 Å². The number of anilines is 2. The molecular formula is C16H13N3O3S. The molecule has 2 heterocycles. The highest BCUT2D eigenvalue weighted by molar-refractivity contribution is 7.22. The van der Waals surface area contributed by atoms with E-state index in [-0.39, 0.29) is 12.8 Å². The van der Waals surface area contributed by atoms with Crippen molar-refractivity contribution in [1.29, 1.82) is 0 Å². The maximum atomic E-state index is 12.1. The molecular weight excluding hydrogens is 314 g/mol. The van der Waals surface area contributed by atoms with E-state index in [4.69, 9.17) is 9.47 Å². The van der Waals surface area contributed by atoms with Gasteiger partial charge in [-0.05, 0) is 24.6 Å². The summed E-state index contributed by atoms with van der Waals surface area (Å²) in [7, 11) is 0. The van der Waals surface area contributed by atoms with Gasteiger partial charge in [0.15, 0.2) is 16.6 Å². The zero-order valence-electron chi connectivity index (χ0n) is 12.3. The number of benzene rings is 2. The molecule has 7 heteroatoms. The van der Waals surface area contributed by atoms with Crippen LogP contribution in [0.4, 0.5) is 15.6 Å². The molecule has 4 rings (SSSR count). The number of hydrogen-bond donors (Lipinski definition) is 2. The molecule has 0 saturated carbocycles. The molecule has 0 unspecified atom stereocenters. The minimum Gasteiger partial charge on any atom is -0.454 e. The lowest BCUT2D eigenvalue weighted by molar-refractivity contribution is 0.174. The zero-order chi connectivity index (χ0) is 15.8. The molecule has 0 bridgehead atoms. The van der Waals surface area contributed by atoms with Crippen LogP contribution in [0.25, 0.3) is 10.2 Å². The molecule has 1 aromatic heterocycles. The number of aromatic nitrogens is 1. The summed E-state index contributed by atoms with van der Waals surface area (Å²) in [6.45, 7) is 2.20. The number of urea groups is 1. The summed E-state index contributed by atoms with van der Waals surface area (Å²) in [5.74, 6) is 1.38. The second kappa shape index (κ2) is 5.44. The van der Waals surface area contributed by atoms with Crippen molar-refractivity contribution in [3.05, 3.63) is 42.0 Å². The molecule has 1 aliphatic heterocycles. The maximum Gasteiger partial charge on any atom is 0.325 e. The van der Waals surface area contributed by atoms with Gasteiger partial charge in [0.25, 0.3) is 0 Å². The van der Waals surface area contributed by atoms with Crippen LogP contribution in [-0.4, -0.2) is 17.8 Å². The van der Waals surface area contributed by atoms with Crippen LogP contribution in [0.2, 0.25) is 0 Å². The van der Waals surface area contributed by atoms with Gasteiger partial charge in [0.2, 0.25) is 6.79 Å². The van der Waals surface area contributed by atoms with Crippen LogP contribution in [0.1, 0.15) is 5.56 Å². The quantitative estimate of drug-likeness (QED) is 0.747. The number of amides is 2. The Morgan fingerprint density at radius 2 is 2.00 bits per heavy atom. The van der Waals surface area contributed by atoms with E-state index >= 15 is 0 Å². The zero-order valence-corrected chi connectivity index (χ0v) is 13.1. The van der Waals surface area contributed by atoms with E-state index in [1.54, 1.807) is 0 Å². The van der Waals surface area contributed by atoms with Crippen molar-refractivity contribution in [2.24, 2.45) is 0 Å². The molecule has 3 aromatic rings. The smallest absolute Gasteiger partial charge is 0.325 e. The van der Waals surface area contributed by atoms with E-state index < -0.39 is 0 Å². The predicted octanol–water partition coefficient (Wildman–Crippen LogP) is 3.98.